The maximum absolute atomic E-state index is 9.80. The molecule has 1 aromatic carbocycles. The van der Waals surface area contributed by atoms with Gasteiger partial charge in [0.25, 0.3) is 0 Å². The van der Waals surface area contributed by atoms with E-state index in [0.717, 1.165) is 70.1 Å². The molecular weight excluding hydrogens is 298 g/mol. The highest BCUT2D eigenvalue weighted by atomic mass is 35.5. The van der Waals surface area contributed by atoms with Crippen molar-refractivity contribution in [1.82, 2.24) is 9.80 Å². The Bertz CT molecular complexity index is 477. The van der Waals surface area contributed by atoms with Crippen LogP contribution in [-0.4, -0.2) is 66.9 Å². The Morgan fingerprint density at radius 3 is 2.59 bits per heavy atom. The standard InChI is InChI=1S/C17H26ClN3O/c18-15-4-1-5-16(14-15)20-12-10-19(11-13-20)7-3-9-21-8-2-6-17(21)22/h1,4-5,14,17,22H,2-3,6-13H2. The number of anilines is 1. The Morgan fingerprint density at radius 2 is 1.91 bits per heavy atom. The molecule has 22 heavy (non-hydrogen) atoms. The summed E-state index contributed by atoms with van der Waals surface area (Å²) >= 11 is 6.07. The number of hydrogen-bond donors (Lipinski definition) is 1. The van der Waals surface area contributed by atoms with Gasteiger partial charge >= 0.3 is 0 Å². The number of benzene rings is 1. The number of hydrogen-bond acceptors (Lipinski definition) is 4. The first-order valence-corrected chi connectivity index (χ1v) is 8.75. The van der Waals surface area contributed by atoms with Crippen LogP contribution >= 0.6 is 11.6 Å². The van der Waals surface area contributed by atoms with Crippen molar-refractivity contribution < 1.29 is 5.11 Å². The van der Waals surface area contributed by atoms with E-state index in [0.29, 0.717) is 0 Å². The minimum Gasteiger partial charge on any atom is -0.378 e. The van der Waals surface area contributed by atoms with Crippen molar-refractivity contribution in [1.29, 1.82) is 0 Å². The molecule has 2 aliphatic rings. The lowest BCUT2D eigenvalue weighted by atomic mass is 10.2. The van der Waals surface area contributed by atoms with Gasteiger partial charge in [-0.15, -0.1) is 0 Å². The molecule has 0 aliphatic carbocycles. The molecule has 2 aliphatic heterocycles. The number of likely N-dealkylation sites (tertiary alicyclic amines) is 1. The largest absolute Gasteiger partial charge is 0.378 e. The van der Waals surface area contributed by atoms with E-state index in [1.54, 1.807) is 0 Å². The molecular formula is C17H26ClN3O. The number of piperazine rings is 1. The van der Waals surface area contributed by atoms with Crippen LogP contribution in [0.3, 0.4) is 0 Å². The number of nitrogens with zero attached hydrogens (tertiary/aromatic N) is 3. The second-order valence-electron chi connectivity index (χ2n) is 6.32. The molecule has 0 radical (unpaired) electrons. The van der Waals surface area contributed by atoms with Crippen LogP contribution < -0.4 is 4.90 Å². The first kappa shape index (κ1) is 16.1. The molecule has 1 atom stereocenters. The lowest BCUT2D eigenvalue weighted by Gasteiger charge is -2.36. The first-order chi connectivity index (χ1) is 10.7. The van der Waals surface area contributed by atoms with Crippen molar-refractivity contribution in [2.45, 2.75) is 25.5 Å². The summed E-state index contributed by atoms with van der Waals surface area (Å²) in [6, 6.07) is 8.13. The molecule has 2 saturated heterocycles. The predicted octanol–water partition coefficient (Wildman–Crippen LogP) is 2.27. The SMILES string of the molecule is OC1CCCN1CCCN1CCN(c2cccc(Cl)c2)CC1. The van der Waals surface area contributed by atoms with Gasteiger partial charge in [0.05, 0.1) is 0 Å². The van der Waals surface area contributed by atoms with E-state index in [2.05, 4.69) is 20.8 Å². The minimum absolute atomic E-state index is 0.195. The highest BCUT2D eigenvalue weighted by Gasteiger charge is 2.22. The summed E-state index contributed by atoms with van der Waals surface area (Å²) in [6.07, 6.45) is 3.03. The molecule has 1 aromatic rings. The third-order valence-electron chi connectivity index (χ3n) is 4.79. The highest BCUT2D eigenvalue weighted by molar-refractivity contribution is 6.30. The Labute approximate surface area is 138 Å². The molecule has 1 N–H and O–H groups in total. The van der Waals surface area contributed by atoms with Gasteiger partial charge in [0, 0.05) is 50.0 Å². The van der Waals surface area contributed by atoms with Gasteiger partial charge in [0.2, 0.25) is 0 Å². The van der Waals surface area contributed by atoms with E-state index >= 15 is 0 Å². The Morgan fingerprint density at radius 1 is 1.09 bits per heavy atom. The van der Waals surface area contributed by atoms with Crippen molar-refractivity contribution in [3.05, 3.63) is 29.3 Å². The zero-order chi connectivity index (χ0) is 15.4. The topological polar surface area (TPSA) is 30.0 Å². The molecule has 1 unspecified atom stereocenters. The van der Waals surface area contributed by atoms with Gasteiger partial charge in [-0.25, -0.2) is 0 Å². The molecule has 3 rings (SSSR count). The summed E-state index contributed by atoms with van der Waals surface area (Å²) < 4.78 is 0. The van der Waals surface area contributed by atoms with Crippen molar-refractivity contribution in [2.75, 3.05) is 50.7 Å². The van der Waals surface area contributed by atoms with Gasteiger partial charge in [-0.3, -0.25) is 9.80 Å². The quantitative estimate of drug-likeness (QED) is 0.900. The van der Waals surface area contributed by atoms with Gasteiger partial charge in [-0.1, -0.05) is 17.7 Å². The second kappa shape index (κ2) is 7.64. The summed E-state index contributed by atoms with van der Waals surface area (Å²) in [4.78, 5) is 7.15. The molecule has 122 valence electrons. The van der Waals surface area contributed by atoms with Crippen molar-refractivity contribution in [2.24, 2.45) is 0 Å². The Balaban J connectivity index is 1.38. The summed E-state index contributed by atoms with van der Waals surface area (Å²) in [5.74, 6) is 0. The summed E-state index contributed by atoms with van der Waals surface area (Å²) in [7, 11) is 0. The Kier molecular flexibility index (Phi) is 5.58. The molecule has 0 spiro atoms. The Hall–Kier alpha value is -0.810. The fourth-order valence-electron chi connectivity index (χ4n) is 3.47. The van der Waals surface area contributed by atoms with Gasteiger partial charge in [0.1, 0.15) is 6.23 Å². The molecule has 2 fully saturated rings. The lowest BCUT2D eigenvalue weighted by Crippen LogP contribution is -2.47. The number of rotatable bonds is 5. The third-order valence-corrected chi connectivity index (χ3v) is 5.03. The predicted molar refractivity (Wildman–Crippen MR) is 91.5 cm³/mol. The zero-order valence-corrected chi connectivity index (χ0v) is 13.9. The fourth-order valence-corrected chi connectivity index (χ4v) is 3.65. The van der Waals surface area contributed by atoms with Crippen LogP contribution in [0.1, 0.15) is 19.3 Å². The molecule has 0 aromatic heterocycles. The fraction of sp³-hybridized carbons (Fsp3) is 0.647. The lowest BCUT2D eigenvalue weighted by molar-refractivity contribution is 0.0356. The number of aliphatic hydroxyl groups is 1. The average Bonchev–Trinajstić information content (AvgIpc) is 2.93. The summed E-state index contributed by atoms with van der Waals surface area (Å²) in [6.45, 7) is 7.55. The molecule has 4 nitrogen and oxygen atoms in total. The zero-order valence-electron chi connectivity index (χ0n) is 13.1. The van der Waals surface area contributed by atoms with E-state index in [1.165, 1.54) is 5.69 Å². The van der Waals surface area contributed by atoms with Crippen LogP contribution in [0, 0.1) is 0 Å². The van der Waals surface area contributed by atoms with Crippen LogP contribution in [0.5, 0.6) is 0 Å². The van der Waals surface area contributed by atoms with Gasteiger partial charge in [-0.2, -0.15) is 0 Å². The van der Waals surface area contributed by atoms with Crippen molar-refractivity contribution >= 4 is 17.3 Å². The van der Waals surface area contributed by atoms with E-state index in [-0.39, 0.29) is 6.23 Å². The molecule has 2 heterocycles. The van der Waals surface area contributed by atoms with E-state index in [9.17, 15) is 5.11 Å². The van der Waals surface area contributed by atoms with Crippen LogP contribution in [0.25, 0.3) is 0 Å². The van der Waals surface area contributed by atoms with Crippen molar-refractivity contribution in [3.63, 3.8) is 0 Å². The first-order valence-electron chi connectivity index (χ1n) is 8.37. The number of aliphatic hydroxyl groups excluding tert-OH is 1. The van der Waals surface area contributed by atoms with Gasteiger partial charge < -0.3 is 10.0 Å². The van der Waals surface area contributed by atoms with Crippen LogP contribution in [-0.2, 0) is 0 Å². The van der Waals surface area contributed by atoms with E-state index in [4.69, 9.17) is 11.6 Å². The molecule has 0 saturated carbocycles. The van der Waals surface area contributed by atoms with E-state index < -0.39 is 0 Å². The normalized spacial score (nSPS) is 24.1. The van der Waals surface area contributed by atoms with E-state index in [1.807, 2.05) is 18.2 Å². The molecule has 0 amide bonds. The highest BCUT2D eigenvalue weighted by Crippen LogP contribution is 2.21. The molecule has 5 heteroatoms. The maximum Gasteiger partial charge on any atom is 0.107 e. The summed E-state index contributed by atoms with van der Waals surface area (Å²) in [5.41, 5.74) is 1.23. The van der Waals surface area contributed by atoms with Crippen LogP contribution in [0.4, 0.5) is 5.69 Å². The maximum atomic E-state index is 9.80. The molecule has 0 bridgehead atoms. The minimum atomic E-state index is -0.195. The summed E-state index contributed by atoms with van der Waals surface area (Å²) in [5, 5.41) is 10.6. The van der Waals surface area contributed by atoms with Gasteiger partial charge in [0.15, 0.2) is 0 Å². The monoisotopic (exact) mass is 323 g/mol. The van der Waals surface area contributed by atoms with Crippen LogP contribution in [0.15, 0.2) is 24.3 Å². The van der Waals surface area contributed by atoms with Crippen LogP contribution in [0.2, 0.25) is 5.02 Å². The van der Waals surface area contributed by atoms with Crippen molar-refractivity contribution in [3.8, 4) is 0 Å². The second-order valence-corrected chi connectivity index (χ2v) is 6.76. The average molecular weight is 324 g/mol. The smallest absolute Gasteiger partial charge is 0.107 e. The third kappa shape index (κ3) is 4.13. The number of halogens is 1. The van der Waals surface area contributed by atoms with Gasteiger partial charge in [-0.05, 0) is 44.0 Å².